The third-order valence-electron chi connectivity index (χ3n) is 4.04. The van der Waals surface area contributed by atoms with Gasteiger partial charge in [0.2, 0.25) is 5.88 Å². The molecule has 3 rings (SSSR count). The van der Waals surface area contributed by atoms with E-state index in [1.54, 1.807) is 30.3 Å². The topological polar surface area (TPSA) is 101 Å². The fourth-order valence-electron chi connectivity index (χ4n) is 2.43. The number of nitrogens with zero attached hydrogens (tertiary/aromatic N) is 3. The van der Waals surface area contributed by atoms with E-state index in [0.29, 0.717) is 16.6 Å². The molecule has 0 radical (unpaired) electrons. The van der Waals surface area contributed by atoms with Gasteiger partial charge in [-0.05, 0) is 48.5 Å². The lowest BCUT2D eigenvalue weighted by molar-refractivity contribution is 0.102. The molecule has 1 aromatic heterocycles. The monoisotopic (exact) mass is 432 g/mol. The summed E-state index contributed by atoms with van der Waals surface area (Å²) in [7, 11) is -0.995. The molecule has 3 aromatic rings. The Hall–Kier alpha value is -3.17. The molecule has 0 saturated heterocycles. The summed E-state index contributed by atoms with van der Waals surface area (Å²) < 4.78 is 31.9. The summed E-state index contributed by atoms with van der Waals surface area (Å²) in [6, 6.07) is 15.2. The lowest BCUT2D eigenvalue weighted by atomic mass is 10.2. The molecule has 1 N–H and O–H groups in total. The summed E-state index contributed by atoms with van der Waals surface area (Å²) in [6.45, 7) is 0. The summed E-state index contributed by atoms with van der Waals surface area (Å²) in [5.41, 5.74) is 0.603. The molecule has 150 valence electrons. The number of aromatic nitrogens is 2. The van der Waals surface area contributed by atoms with Crippen molar-refractivity contribution in [3.05, 3.63) is 71.2 Å². The van der Waals surface area contributed by atoms with Crippen LogP contribution in [0.5, 0.6) is 5.88 Å². The fourth-order valence-corrected chi connectivity index (χ4v) is 3.80. The maximum absolute atomic E-state index is 12.9. The van der Waals surface area contributed by atoms with E-state index in [9.17, 15) is 13.2 Å². The number of anilines is 2. The number of halogens is 1. The standard InChI is InChI=1S/C19H17ClN4O4S/c1-24(15-8-6-14(20)7-9-15)29(26,27)16-5-3-4-13(12-16)19(25)21-17-10-11-18(28-2)23-22-17/h3-12H,1-2H3,(H,21,22,25). The van der Waals surface area contributed by atoms with E-state index >= 15 is 0 Å². The molecular formula is C19H17ClN4O4S. The maximum atomic E-state index is 12.9. The van der Waals surface area contributed by atoms with Crippen molar-refractivity contribution < 1.29 is 17.9 Å². The largest absolute Gasteiger partial charge is 0.480 e. The van der Waals surface area contributed by atoms with E-state index in [2.05, 4.69) is 15.5 Å². The van der Waals surface area contributed by atoms with Crippen LogP contribution in [0.2, 0.25) is 5.02 Å². The molecule has 1 amide bonds. The number of ether oxygens (including phenoxy) is 1. The first kappa shape index (κ1) is 20.6. The summed E-state index contributed by atoms with van der Waals surface area (Å²) in [6.07, 6.45) is 0. The minimum atomic E-state index is -3.88. The third-order valence-corrected chi connectivity index (χ3v) is 6.07. The predicted molar refractivity (Wildman–Crippen MR) is 110 cm³/mol. The van der Waals surface area contributed by atoms with Gasteiger partial charge in [-0.2, -0.15) is 0 Å². The Bertz CT molecular complexity index is 1120. The summed E-state index contributed by atoms with van der Waals surface area (Å²) >= 11 is 5.86. The Morgan fingerprint density at radius 2 is 1.79 bits per heavy atom. The predicted octanol–water partition coefficient (Wildman–Crippen LogP) is 3.22. The van der Waals surface area contributed by atoms with Crippen LogP contribution in [0, 0.1) is 0 Å². The van der Waals surface area contributed by atoms with Gasteiger partial charge >= 0.3 is 0 Å². The van der Waals surface area contributed by atoms with Gasteiger partial charge in [-0.3, -0.25) is 9.10 Å². The molecule has 0 bridgehead atoms. The highest BCUT2D eigenvalue weighted by molar-refractivity contribution is 7.92. The zero-order valence-corrected chi connectivity index (χ0v) is 17.1. The number of amides is 1. The first-order valence-corrected chi connectivity index (χ1v) is 10.2. The van der Waals surface area contributed by atoms with Gasteiger partial charge in [-0.1, -0.05) is 17.7 Å². The van der Waals surface area contributed by atoms with Crippen LogP contribution in [-0.2, 0) is 10.0 Å². The normalized spacial score (nSPS) is 11.0. The van der Waals surface area contributed by atoms with Gasteiger partial charge in [0, 0.05) is 23.7 Å². The van der Waals surface area contributed by atoms with Crippen LogP contribution in [0.4, 0.5) is 11.5 Å². The highest BCUT2D eigenvalue weighted by atomic mass is 35.5. The van der Waals surface area contributed by atoms with Gasteiger partial charge in [0.25, 0.3) is 15.9 Å². The number of carbonyl (C=O) groups is 1. The minimum absolute atomic E-state index is 0.0246. The number of benzene rings is 2. The molecule has 0 atom stereocenters. The van der Waals surface area contributed by atoms with Gasteiger partial charge in [0.15, 0.2) is 5.82 Å². The third kappa shape index (κ3) is 4.64. The number of carbonyl (C=O) groups excluding carboxylic acids is 1. The van der Waals surface area contributed by atoms with Crippen LogP contribution in [0.15, 0.2) is 65.6 Å². The molecule has 0 unspecified atom stereocenters. The Morgan fingerprint density at radius 1 is 1.07 bits per heavy atom. The van der Waals surface area contributed by atoms with Crippen molar-refractivity contribution in [1.29, 1.82) is 0 Å². The van der Waals surface area contributed by atoms with Crippen molar-refractivity contribution in [2.75, 3.05) is 23.8 Å². The average Bonchev–Trinajstić information content (AvgIpc) is 2.74. The average molecular weight is 433 g/mol. The maximum Gasteiger partial charge on any atom is 0.264 e. The van der Waals surface area contributed by atoms with E-state index in [1.807, 2.05) is 0 Å². The smallest absolute Gasteiger partial charge is 0.264 e. The Labute approximate surface area is 173 Å². The van der Waals surface area contributed by atoms with Crippen molar-refractivity contribution in [2.24, 2.45) is 0 Å². The van der Waals surface area contributed by atoms with Crippen molar-refractivity contribution in [1.82, 2.24) is 10.2 Å². The number of methoxy groups -OCH3 is 1. The number of sulfonamides is 1. The van der Waals surface area contributed by atoms with Crippen LogP contribution in [0.25, 0.3) is 0 Å². The molecule has 2 aromatic carbocycles. The fraction of sp³-hybridized carbons (Fsp3) is 0.105. The van der Waals surface area contributed by atoms with Gasteiger partial charge in [-0.15, -0.1) is 10.2 Å². The highest BCUT2D eigenvalue weighted by Crippen LogP contribution is 2.24. The SMILES string of the molecule is COc1ccc(NC(=O)c2cccc(S(=O)(=O)N(C)c3ccc(Cl)cc3)c2)nn1. The van der Waals surface area contributed by atoms with E-state index in [4.69, 9.17) is 16.3 Å². The van der Waals surface area contributed by atoms with Gasteiger partial charge in [0.05, 0.1) is 17.7 Å². The van der Waals surface area contributed by atoms with Gasteiger partial charge < -0.3 is 10.1 Å². The number of hydrogen-bond donors (Lipinski definition) is 1. The molecule has 8 nitrogen and oxygen atoms in total. The second-order valence-corrected chi connectivity index (χ2v) is 8.30. The molecule has 0 aliphatic carbocycles. The lowest BCUT2D eigenvalue weighted by Crippen LogP contribution is -2.26. The van der Waals surface area contributed by atoms with Gasteiger partial charge in [-0.25, -0.2) is 8.42 Å². The van der Waals surface area contributed by atoms with Crippen molar-refractivity contribution >= 4 is 39.0 Å². The zero-order valence-electron chi connectivity index (χ0n) is 15.5. The Kier molecular flexibility index (Phi) is 6.00. The van der Waals surface area contributed by atoms with Crippen molar-refractivity contribution in [3.8, 4) is 5.88 Å². The van der Waals surface area contributed by atoms with Crippen LogP contribution in [0.3, 0.4) is 0 Å². The number of nitrogens with one attached hydrogen (secondary N) is 1. The van der Waals surface area contributed by atoms with Crippen LogP contribution in [-0.4, -0.2) is 38.7 Å². The van der Waals surface area contributed by atoms with E-state index in [1.165, 1.54) is 44.5 Å². The van der Waals surface area contributed by atoms with Gasteiger partial charge in [0.1, 0.15) is 0 Å². The molecular weight excluding hydrogens is 416 g/mol. The van der Waals surface area contributed by atoms with E-state index in [-0.39, 0.29) is 16.3 Å². The summed E-state index contributed by atoms with van der Waals surface area (Å²) in [5, 5.41) is 10.6. The first-order chi connectivity index (χ1) is 13.8. The Balaban J connectivity index is 1.83. The van der Waals surface area contributed by atoms with Crippen LogP contribution >= 0.6 is 11.6 Å². The van der Waals surface area contributed by atoms with E-state index < -0.39 is 15.9 Å². The molecule has 0 spiro atoms. The first-order valence-electron chi connectivity index (χ1n) is 8.35. The zero-order chi connectivity index (χ0) is 21.0. The molecule has 1 heterocycles. The molecule has 29 heavy (non-hydrogen) atoms. The van der Waals surface area contributed by atoms with Crippen molar-refractivity contribution in [2.45, 2.75) is 4.90 Å². The van der Waals surface area contributed by atoms with Crippen LogP contribution in [0.1, 0.15) is 10.4 Å². The summed E-state index contributed by atoms with van der Waals surface area (Å²) in [5.74, 6) is -0.000619. The molecule has 10 heteroatoms. The molecule has 0 aliphatic rings. The van der Waals surface area contributed by atoms with Crippen molar-refractivity contribution in [3.63, 3.8) is 0 Å². The molecule has 0 saturated carbocycles. The molecule has 0 aliphatic heterocycles. The number of hydrogen-bond acceptors (Lipinski definition) is 6. The molecule has 0 fully saturated rings. The van der Waals surface area contributed by atoms with E-state index in [0.717, 1.165) is 4.31 Å². The number of rotatable bonds is 6. The van der Waals surface area contributed by atoms with Crippen LogP contribution < -0.4 is 14.4 Å². The summed E-state index contributed by atoms with van der Waals surface area (Å²) in [4.78, 5) is 12.5. The highest BCUT2D eigenvalue weighted by Gasteiger charge is 2.22. The second kappa shape index (κ2) is 8.46. The minimum Gasteiger partial charge on any atom is -0.480 e. The second-order valence-electron chi connectivity index (χ2n) is 5.89. The lowest BCUT2D eigenvalue weighted by Gasteiger charge is -2.20. The quantitative estimate of drug-likeness (QED) is 0.641. The Morgan fingerprint density at radius 3 is 2.41 bits per heavy atom.